The predicted octanol–water partition coefficient (Wildman–Crippen LogP) is 0.243. The standard InChI is InChI=1S/C12H18O6/c13-7-5-11(9(15)16)3-1-2-4-12(11,6-8-14)10(17)18/h1,3,13-14H,2,4-8H2,(H,15,16)(H,17,18). The van der Waals surface area contributed by atoms with Crippen LogP contribution in [-0.4, -0.2) is 45.6 Å². The maximum Gasteiger partial charge on any atom is 0.314 e. The average molecular weight is 258 g/mol. The minimum absolute atomic E-state index is 0.140. The molecule has 6 nitrogen and oxygen atoms in total. The Balaban J connectivity index is 3.38. The highest BCUT2D eigenvalue weighted by Gasteiger charge is 2.59. The fourth-order valence-electron chi connectivity index (χ4n) is 2.82. The molecular formula is C12H18O6. The monoisotopic (exact) mass is 258 g/mol. The number of hydrogen-bond donors (Lipinski definition) is 4. The van der Waals surface area contributed by atoms with E-state index in [1.807, 2.05) is 0 Å². The second-order valence-electron chi connectivity index (χ2n) is 4.55. The van der Waals surface area contributed by atoms with Gasteiger partial charge in [0.25, 0.3) is 0 Å². The summed E-state index contributed by atoms with van der Waals surface area (Å²) in [7, 11) is 0. The molecule has 0 fully saturated rings. The van der Waals surface area contributed by atoms with Gasteiger partial charge in [-0.1, -0.05) is 12.2 Å². The highest BCUT2D eigenvalue weighted by Crippen LogP contribution is 2.52. The molecule has 1 aliphatic carbocycles. The van der Waals surface area contributed by atoms with Crippen LogP contribution in [0.3, 0.4) is 0 Å². The molecule has 0 saturated heterocycles. The Morgan fingerprint density at radius 2 is 1.67 bits per heavy atom. The number of carbonyl (C=O) groups is 2. The number of carboxylic acid groups (broad SMARTS) is 2. The molecule has 0 amide bonds. The quantitative estimate of drug-likeness (QED) is 0.507. The van der Waals surface area contributed by atoms with Crippen molar-refractivity contribution in [3.8, 4) is 0 Å². The molecule has 0 aromatic rings. The van der Waals surface area contributed by atoms with Crippen LogP contribution < -0.4 is 0 Å². The van der Waals surface area contributed by atoms with Gasteiger partial charge in [0, 0.05) is 13.2 Å². The number of hydrogen-bond acceptors (Lipinski definition) is 4. The van der Waals surface area contributed by atoms with Crippen molar-refractivity contribution in [1.82, 2.24) is 0 Å². The SMILES string of the molecule is O=C(O)C1(CCO)C=CCCC1(CCO)C(=O)O. The second kappa shape index (κ2) is 5.49. The van der Waals surface area contributed by atoms with Crippen LogP contribution in [0, 0.1) is 10.8 Å². The first kappa shape index (κ1) is 14.7. The summed E-state index contributed by atoms with van der Waals surface area (Å²) in [5.41, 5.74) is -3.22. The number of aliphatic hydroxyl groups is 2. The summed E-state index contributed by atoms with van der Waals surface area (Å²) in [5, 5.41) is 37.0. The molecule has 0 bridgehead atoms. The number of carboxylic acids is 2. The van der Waals surface area contributed by atoms with E-state index in [9.17, 15) is 19.8 Å². The summed E-state index contributed by atoms with van der Waals surface area (Å²) >= 11 is 0. The Hall–Kier alpha value is -1.40. The second-order valence-corrected chi connectivity index (χ2v) is 4.55. The molecule has 0 aromatic carbocycles. The summed E-state index contributed by atoms with van der Waals surface area (Å²) in [6.45, 7) is -0.822. The third-order valence-corrected chi connectivity index (χ3v) is 3.83. The molecule has 2 atom stereocenters. The minimum atomic E-state index is -1.66. The lowest BCUT2D eigenvalue weighted by atomic mass is 9.55. The highest BCUT2D eigenvalue weighted by atomic mass is 16.4. The van der Waals surface area contributed by atoms with Gasteiger partial charge >= 0.3 is 11.9 Å². The summed E-state index contributed by atoms with van der Waals surface area (Å²) in [6, 6.07) is 0. The summed E-state index contributed by atoms with van der Waals surface area (Å²) in [4.78, 5) is 23.1. The van der Waals surface area contributed by atoms with Gasteiger partial charge in [-0.25, -0.2) is 0 Å². The fourth-order valence-corrected chi connectivity index (χ4v) is 2.82. The van der Waals surface area contributed by atoms with Crippen LogP contribution in [0.15, 0.2) is 12.2 Å². The predicted molar refractivity (Wildman–Crippen MR) is 61.9 cm³/mol. The van der Waals surface area contributed by atoms with E-state index in [0.29, 0.717) is 6.42 Å². The van der Waals surface area contributed by atoms with Crippen molar-refractivity contribution in [2.75, 3.05) is 13.2 Å². The maximum atomic E-state index is 11.6. The molecule has 1 aliphatic rings. The zero-order valence-corrected chi connectivity index (χ0v) is 10.0. The van der Waals surface area contributed by atoms with Crippen LogP contribution >= 0.6 is 0 Å². The van der Waals surface area contributed by atoms with Gasteiger partial charge in [0.1, 0.15) is 5.41 Å². The molecule has 18 heavy (non-hydrogen) atoms. The molecule has 2 unspecified atom stereocenters. The van der Waals surface area contributed by atoms with Crippen molar-refractivity contribution in [1.29, 1.82) is 0 Å². The number of rotatable bonds is 6. The van der Waals surface area contributed by atoms with Crippen molar-refractivity contribution >= 4 is 11.9 Å². The van der Waals surface area contributed by atoms with E-state index in [0.717, 1.165) is 0 Å². The van der Waals surface area contributed by atoms with Gasteiger partial charge in [0.15, 0.2) is 0 Å². The van der Waals surface area contributed by atoms with Gasteiger partial charge < -0.3 is 20.4 Å². The molecule has 0 spiro atoms. The van der Waals surface area contributed by atoms with Crippen LogP contribution in [0.25, 0.3) is 0 Å². The van der Waals surface area contributed by atoms with Crippen molar-refractivity contribution < 1.29 is 30.0 Å². The molecule has 0 aliphatic heterocycles. The fraction of sp³-hybridized carbons (Fsp3) is 0.667. The first-order valence-electron chi connectivity index (χ1n) is 5.83. The Morgan fingerprint density at radius 1 is 1.06 bits per heavy atom. The van der Waals surface area contributed by atoms with Crippen molar-refractivity contribution in [3.05, 3.63) is 12.2 Å². The molecule has 102 valence electrons. The van der Waals surface area contributed by atoms with Gasteiger partial charge in [-0.05, 0) is 25.7 Å². The number of aliphatic hydroxyl groups excluding tert-OH is 2. The van der Waals surface area contributed by atoms with E-state index in [1.54, 1.807) is 6.08 Å². The molecule has 0 heterocycles. The van der Waals surface area contributed by atoms with Crippen molar-refractivity contribution in [3.63, 3.8) is 0 Å². The molecule has 0 saturated carbocycles. The molecule has 4 N–H and O–H groups in total. The van der Waals surface area contributed by atoms with Gasteiger partial charge in [-0.15, -0.1) is 0 Å². The highest BCUT2D eigenvalue weighted by molar-refractivity contribution is 5.88. The van der Waals surface area contributed by atoms with E-state index >= 15 is 0 Å². The lowest BCUT2D eigenvalue weighted by molar-refractivity contribution is -0.174. The third kappa shape index (κ3) is 2.02. The Labute approximate surface area is 105 Å². The van der Waals surface area contributed by atoms with Crippen molar-refractivity contribution in [2.24, 2.45) is 10.8 Å². The zero-order valence-electron chi connectivity index (χ0n) is 10.0. The van der Waals surface area contributed by atoms with E-state index in [-0.39, 0.29) is 19.3 Å². The Kier molecular flexibility index (Phi) is 4.48. The number of allylic oxidation sites excluding steroid dienone is 1. The Bertz CT molecular complexity index is 364. The van der Waals surface area contributed by atoms with Gasteiger partial charge in [0.2, 0.25) is 0 Å². The van der Waals surface area contributed by atoms with Crippen LogP contribution in [0.2, 0.25) is 0 Å². The van der Waals surface area contributed by atoms with E-state index < -0.39 is 36.0 Å². The molecule has 0 aromatic heterocycles. The van der Waals surface area contributed by atoms with Gasteiger partial charge in [0.05, 0.1) is 5.41 Å². The van der Waals surface area contributed by atoms with Gasteiger partial charge in [-0.2, -0.15) is 0 Å². The average Bonchev–Trinajstić information content (AvgIpc) is 2.31. The summed E-state index contributed by atoms with van der Waals surface area (Å²) in [6.07, 6.45) is 3.27. The van der Waals surface area contributed by atoms with Gasteiger partial charge in [-0.3, -0.25) is 9.59 Å². The van der Waals surface area contributed by atoms with Crippen molar-refractivity contribution in [2.45, 2.75) is 25.7 Å². The van der Waals surface area contributed by atoms with Crippen LogP contribution in [0.1, 0.15) is 25.7 Å². The lowest BCUT2D eigenvalue weighted by Crippen LogP contribution is -2.53. The minimum Gasteiger partial charge on any atom is -0.481 e. The maximum absolute atomic E-state index is 11.6. The molecule has 1 rings (SSSR count). The molecular weight excluding hydrogens is 240 g/mol. The Morgan fingerprint density at radius 3 is 2.11 bits per heavy atom. The zero-order chi connectivity index (χ0) is 13.8. The first-order valence-corrected chi connectivity index (χ1v) is 5.83. The van der Waals surface area contributed by atoms with Crippen LogP contribution in [0.4, 0.5) is 0 Å². The van der Waals surface area contributed by atoms with Crippen LogP contribution in [0.5, 0.6) is 0 Å². The van der Waals surface area contributed by atoms with E-state index in [2.05, 4.69) is 0 Å². The molecule has 6 heteroatoms. The number of aliphatic carboxylic acids is 2. The summed E-state index contributed by atoms with van der Waals surface area (Å²) in [5.74, 6) is -2.51. The smallest absolute Gasteiger partial charge is 0.314 e. The van der Waals surface area contributed by atoms with E-state index in [1.165, 1.54) is 6.08 Å². The normalized spacial score (nSPS) is 31.2. The third-order valence-electron chi connectivity index (χ3n) is 3.83. The lowest BCUT2D eigenvalue weighted by Gasteiger charge is -2.45. The van der Waals surface area contributed by atoms with E-state index in [4.69, 9.17) is 10.2 Å². The summed E-state index contributed by atoms with van der Waals surface area (Å²) < 4.78 is 0. The topological polar surface area (TPSA) is 115 Å². The van der Waals surface area contributed by atoms with Crippen LogP contribution in [-0.2, 0) is 9.59 Å². The first-order chi connectivity index (χ1) is 8.47. The largest absolute Gasteiger partial charge is 0.481 e. The molecule has 0 radical (unpaired) electrons.